The fourth-order valence-electron chi connectivity index (χ4n) is 1.77. The van der Waals surface area contributed by atoms with Gasteiger partial charge in [-0.25, -0.2) is 14.0 Å². The molecular weight excluding hydrogens is 263 g/mol. The Morgan fingerprint density at radius 3 is 2.65 bits per heavy atom. The van der Waals surface area contributed by atoms with Crippen LogP contribution in [0.2, 0.25) is 0 Å². The molecule has 0 saturated carbocycles. The summed E-state index contributed by atoms with van der Waals surface area (Å²) in [6, 6.07) is 4.88. The molecule has 0 heterocycles. The summed E-state index contributed by atoms with van der Waals surface area (Å²) >= 11 is 0. The maximum atomic E-state index is 13.3. The summed E-state index contributed by atoms with van der Waals surface area (Å²) in [5.41, 5.74) is 0.510. The van der Waals surface area contributed by atoms with Crippen molar-refractivity contribution in [1.29, 1.82) is 0 Å². The Bertz CT molecular complexity index is 465. The molecule has 0 aliphatic rings. The van der Waals surface area contributed by atoms with Crippen LogP contribution < -0.4 is 10.6 Å². The van der Waals surface area contributed by atoms with E-state index in [2.05, 4.69) is 10.6 Å². The van der Waals surface area contributed by atoms with E-state index in [1.165, 1.54) is 6.07 Å². The molecule has 0 fully saturated rings. The van der Waals surface area contributed by atoms with Crippen LogP contribution in [-0.2, 0) is 11.2 Å². The van der Waals surface area contributed by atoms with Gasteiger partial charge in [0.25, 0.3) is 0 Å². The highest BCUT2D eigenvalue weighted by Crippen LogP contribution is 2.06. The molecule has 110 valence electrons. The summed E-state index contributed by atoms with van der Waals surface area (Å²) in [6.45, 7) is 2.08. The molecule has 0 radical (unpaired) electrons. The van der Waals surface area contributed by atoms with Gasteiger partial charge in [0.15, 0.2) is 0 Å². The summed E-state index contributed by atoms with van der Waals surface area (Å²) in [5.74, 6) is -1.37. The van der Waals surface area contributed by atoms with E-state index in [-0.39, 0.29) is 12.4 Å². The lowest BCUT2D eigenvalue weighted by Gasteiger charge is -2.14. The lowest BCUT2D eigenvalue weighted by Crippen LogP contribution is -2.46. The Labute approximate surface area is 117 Å². The Morgan fingerprint density at radius 1 is 1.35 bits per heavy atom. The maximum absolute atomic E-state index is 13.3. The van der Waals surface area contributed by atoms with Crippen molar-refractivity contribution in [3.63, 3.8) is 0 Å². The van der Waals surface area contributed by atoms with Crippen molar-refractivity contribution in [3.05, 3.63) is 35.6 Å². The average molecular weight is 282 g/mol. The van der Waals surface area contributed by atoms with E-state index >= 15 is 0 Å². The van der Waals surface area contributed by atoms with Crippen LogP contribution in [-0.4, -0.2) is 29.7 Å². The highest BCUT2D eigenvalue weighted by atomic mass is 19.1. The van der Waals surface area contributed by atoms with Crippen LogP contribution in [0.25, 0.3) is 0 Å². The van der Waals surface area contributed by atoms with Crippen LogP contribution in [0.5, 0.6) is 0 Å². The number of carbonyl (C=O) groups is 2. The summed E-state index contributed by atoms with van der Waals surface area (Å²) < 4.78 is 13.3. The van der Waals surface area contributed by atoms with E-state index in [0.29, 0.717) is 24.8 Å². The number of halogens is 1. The smallest absolute Gasteiger partial charge is 0.326 e. The Hall–Kier alpha value is -2.11. The van der Waals surface area contributed by atoms with Gasteiger partial charge in [-0.05, 0) is 24.5 Å². The molecule has 1 atom stereocenters. The number of nitrogens with one attached hydrogen (secondary N) is 2. The number of hydrogen-bond donors (Lipinski definition) is 3. The summed E-state index contributed by atoms with van der Waals surface area (Å²) in [4.78, 5) is 22.4. The summed E-state index contributed by atoms with van der Waals surface area (Å²) in [7, 11) is 0. The zero-order chi connectivity index (χ0) is 15.0. The first-order chi connectivity index (χ1) is 9.54. The zero-order valence-corrected chi connectivity index (χ0v) is 11.4. The molecule has 1 rings (SSSR count). The standard InChI is InChI=1S/C14H19FN2O3/c1-2-5-12(13(18)19)17-14(20)16-9-8-10-6-3-4-7-11(10)15/h3-4,6-7,12H,2,5,8-9H2,1H3,(H,18,19)(H2,16,17,20)/t12-/m0/s1. The van der Waals surface area contributed by atoms with Crippen LogP contribution in [0, 0.1) is 5.82 Å². The Kier molecular flexibility index (Phi) is 6.49. The SMILES string of the molecule is CCC[C@H](NC(=O)NCCc1ccccc1F)C(=O)O. The number of carboxylic acids is 1. The molecule has 1 aromatic carbocycles. The fraction of sp³-hybridized carbons (Fsp3) is 0.429. The van der Waals surface area contributed by atoms with Gasteiger partial charge in [-0.15, -0.1) is 0 Å². The van der Waals surface area contributed by atoms with Crippen molar-refractivity contribution < 1.29 is 19.1 Å². The van der Waals surface area contributed by atoms with E-state index in [4.69, 9.17) is 5.11 Å². The molecule has 1 aromatic rings. The van der Waals surface area contributed by atoms with Gasteiger partial charge in [0.2, 0.25) is 0 Å². The van der Waals surface area contributed by atoms with Gasteiger partial charge in [0, 0.05) is 6.54 Å². The maximum Gasteiger partial charge on any atom is 0.326 e. The summed E-state index contributed by atoms with van der Waals surface area (Å²) in [5, 5.41) is 13.8. The Morgan fingerprint density at radius 2 is 2.05 bits per heavy atom. The van der Waals surface area contributed by atoms with E-state index < -0.39 is 18.0 Å². The van der Waals surface area contributed by atoms with Gasteiger partial charge < -0.3 is 15.7 Å². The minimum absolute atomic E-state index is 0.241. The first-order valence-corrected chi connectivity index (χ1v) is 6.55. The molecule has 0 bridgehead atoms. The predicted octanol–water partition coefficient (Wildman–Crippen LogP) is 1.92. The second-order valence-electron chi connectivity index (χ2n) is 4.42. The number of urea groups is 1. The normalized spacial score (nSPS) is 11.7. The molecule has 6 heteroatoms. The lowest BCUT2D eigenvalue weighted by atomic mass is 10.1. The second kappa shape index (κ2) is 8.14. The van der Waals surface area contributed by atoms with E-state index in [1.807, 2.05) is 6.92 Å². The Balaban J connectivity index is 2.36. The number of aliphatic carboxylic acids is 1. The van der Waals surface area contributed by atoms with E-state index in [1.54, 1.807) is 18.2 Å². The van der Waals surface area contributed by atoms with Gasteiger partial charge in [-0.2, -0.15) is 0 Å². The predicted molar refractivity (Wildman–Crippen MR) is 73.0 cm³/mol. The van der Waals surface area contributed by atoms with Gasteiger partial charge in [0.1, 0.15) is 11.9 Å². The number of benzene rings is 1. The molecule has 0 aliphatic heterocycles. The molecular formula is C14H19FN2O3. The third-order valence-electron chi connectivity index (χ3n) is 2.82. The molecule has 0 aromatic heterocycles. The highest BCUT2D eigenvalue weighted by Gasteiger charge is 2.18. The minimum atomic E-state index is -1.06. The van der Waals surface area contributed by atoms with Gasteiger partial charge in [-0.1, -0.05) is 31.5 Å². The number of carboxylic acid groups (broad SMARTS) is 1. The van der Waals surface area contributed by atoms with Crippen molar-refractivity contribution in [1.82, 2.24) is 10.6 Å². The van der Waals surface area contributed by atoms with Crippen molar-refractivity contribution in [2.75, 3.05) is 6.54 Å². The monoisotopic (exact) mass is 282 g/mol. The van der Waals surface area contributed by atoms with Gasteiger partial charge in [0.05, 0.1) is 0 Å². The number of carbonyl (C=O) groups excluding carboxylic acids is 1. The quantitative estimate of drug-likeness (QED) is 0.715. The van der Waals surface area contributed by atoms with Crippen LogP contribution >= 0.6 is 0 Å². The third kappa shape index (κ3) is 5.26. The van der Waals surface area contributed by atoms with Crippen molar-refractivity contribution in [3.8, 4) is 0 Å². The molecule has 3 N–H and O–H groups in total. The molecule has 0 aliphatic carbocycles. The molecule has 5 nitrogen and oxygen atoms in total. The molecule has 0 saturated heterocycles. The first kappa shape index (κ1) is 15.9. The molecule has 2 amide bonds. The van der Waals surface area contributed by atoms with Crippen LogP contribution in [0.4, 0.5) is 9.18 Å². The van der Waals surface area contributed by atoms with Crippen LogP contribution in [0.15, 0.2) is 24.3 Å². The lowest BCUT2D eigenvalue weighted by molar-refractivity contribution is -0.139. The van der Waals surface area contributed by atoms with E-state index in [0.717, 1.165) is 0 Å². The molecule has 20 heavy (non-hydrogen) atoms. The number of rotatable bonds is 7. The van der Waals surface area contributed by atoms with Gasteiger partial charge >= 0.3 is 12.0 Å². The van der Waals surface area contributed by atoms with Crippen LogP contribution in [0.1, 0.15) is 25.3 Å². The fourth-order valence-corrected chi connectivity index (χ4v) is 1.77. The minimum Gasteiger partial charge on any atom is -0.480 e. The topological polar surface area (TPSA) is 78.4 Å². The van der Waals surface area contributed by atoms with Crippen molar-refractivity contribution in [2.45, 2.75) is 32.2 Å². The van der Waals surface area contributed by atoms with Crippen molar-refractivity contribution >= 4 is 12.0 Å². The second-order valence-corrected chi connectivity index (χ2v) is 4.42. The van der Waals surface area contributed by atoms with E-state index in [9.17, 15) is 14.0 Å². The average Bonchev–Trinajstić information content (AvgIpc) is 2.40. The zero-order valence-electron chi connectivity index (χ0n) is 11.4. The van der Waals surface area contributed by atoms with Crippen molar-refractivity contribution in [2.24, 2.45) is 0 Å². The largest absolute Gasteiger partial charge is 0.480 e. The number of hydrogen-bond acceptors (Lipinski definition) is 2. The molecule has 0 spiro atoms. The molecule has 0 unspecified atom stereocenters. The van der Waals surface area contributed by atoms with Crippen LogP contribution in [0.3, 0.4) is 0 Å². The van der Waals surface area contributed by atoms with Gasteiger partial charge in [-0.3, -0.25) is 0 Å². The highest BCUT2D eigenvalue weighted by molar-refractivity contribution is 5.82. The first-order valence-electron chi connectivity index (χ1n) is 6.55. The summed E-state index contributed by atoms with van der Waals surface area (Å²) in [6.07, 6.45) is 1.38. The number of amides is 2. The third-order valence-corrected chi connectivity index (χ3v) is 2.82.